The van der Waals surface area contributed by atoms with Crippen LogP contribution in [0.2, 0.25) is 0 Å². The van der Waals surface area contributed by atoms with Crippen LogP contribution in [0.3, 0.4) is 0 Å². The number of hydrogen-bond acceptors (Lipinski definition) is 3. The van der Waals surface area contributed by atoms with Crippen molar-refractivity contribution < 1.29 is 9.50 Å². The van der Waals surface area contributed by atoms with Gasteiger partial charge in [0, 0.05) is 12.6 Å². The zero-order valence-corrected chi connectivity index (χ0v) is 12.0. The fraction of sp³-hybridized carbons (Fsp3) is 0.625. The van der Waals surface area contributed by atoms with Gasteiger partial charge in [-0.25, -0.2) is 4.39 Å². The second-order valence-electron chi connectivity index (χ2n) is 5.52. The highest BCUT2D eigenvalue weighted by molar-refractivity contribution is 5.15. The maximum absolute atomic E-state index is 12.7. The summed E-state index contributed by atoms with van der Waals surface area (Å²) in [5.74, 6) is -0.183. The van der Waals surface area contributed by atoms with E-state index < -0.39 is 0 Å². The Morgan fingerprint density at radius 1 is 1.25 bits per heavy atom. The van der Waals surface area contributed by atoms with Crippen LogP contribution in [0.1, 0.15) is 31.2 Å². The van der Waals surface area contributed by atoms with E-state index in [9.17, 15) is 9.50 Å². The molecule has 1 saturated heterocycles. The van der Waals surface area contributed by atoms with Crippen molar-refractivity contribution in [3.05, 3.63) is 35.6 Å². The fourth-order valence-electron chi connectivity index (χ4n) is 2.80. The van der Waals surface area contributed by atoms with E-state index in [1.165, 1.54) is 18.6 Å². The van der Waals surface area contributed by atoms with Gasteiger partial charge in [0.1, 0.15) is 5.82 Å². The largest absolute Gasteiger partial charge is 0.395 e. The van der Waals surface area contributed by atoms with Crippen LogP contribution in [0, 0.1) is 5.82 Å². The lowest BCUT2D eigenvalue weighted by Gasteiger charge is -2.22. The van der Waals surface area contributed by atoms with Gasteiger partial charge < -0.3 is 10.4 Å². The molecule has 1 aromatic rings. The molecule has 0 aliphatic carbocycles. The highest BCUT2D eigenvalue weighted by atomic mass is 19.1. The molecule has 1 fully saturated rings. The first-order valence-corrected chi connectivity index (χ1v) is 7.59. The summed E-state index contributed by atoms with van der Waals surface area (Å²) in [5.41, 5.74) is 1.12. The van der Waals surface area contributed by atoms with Crippen molar-refractivity contribution in [2.24, 2.45) is 0 Å². The predicted octanol–water partition coefficient (Wildman–Crippen LogP) is 2.15. The Kier molecular flexibility index (Phi) is 6.43. The first-order chi connectivity index (χ1) is 9.79. The number of aliphatic hydroxyl groups excluding tert-OH is 1. The van der Waals surface area contributed by atoms with Gasteiger partial charge >= 0.3 is 0 Å². The Morgan fingerprint density at radius 3 is 2.80 bits per heavy atom. The van der Waals surface area contributed by atoms with E-state index in [2.05, 4.69) is 10.2 Å². The lowest BCUT2D eigenvalue weighted by molar-refractivity contribution is 0.157. The van der Waals surface area contributed by atoms with Gasteiger partial charge in [0.05, 0.1) is 6.61 Å². The zero-order valence-electron chi connectivity index (χ0n) is 12.0. The number of halogens is 1. The lowest BCUT2D eigenvalue weighted by Crippen LogP contribution is -2.33. The van der Waals surface area contributed by atoms with E-state index in [1.807, 2.05) is 12.1 Å². The van der Waals surface area contributed by atoms with Crippen molar-refractivity contribution in [1.29, 1.82) is 0 Å². The van der Waals surface area contributed by atoms with E-state index in [-0.39, 0.29) is 5.82 Å². The summed E-state index contributed by atoms with van der Waals surface area (Å²) >= 11 is 0. The number of nitrogens with zero attached hydrogens (tertiary/aromatic N) is 1. The molecular weight excluding hydrogens is 255 g/mol. The third-order valence-electron chi connectivity index (χ3n) is 4.00. The van der Waals surface area contributed by atoms with Crippen LogP contribution >= 0.6 is 0 Å². The molecule has 0 saturated carbocycles. The van der Waals surface area contributed by atoms with Crippen LogP contribution in [-0.2, 0) is 6.54 Å². The average molecular weight is 280 g/mol. The second kappa shape index (κ2) is 8.35. The zero-order chi connectivity index (χ0) is 14.2. The predicted molar refractivity (Wildman–Crippen MR) is 79.0 cm³/mol. The van der Waals surface area contributed by atoms with E-state index >= 15 is 0 Å². The molecule has 4 heteroatoms. The minimum absolute atomic E-state index is 0.183. The van der Waals surface area contributed by atoms with Crippen LogP contribution < -0.4 is 5.32 Å². The third kappa shape index (κ3) is 4.85. The molecule has 1 aliphatic rings. The molecule has 0 amide bonds. The Morgan fingerprint density at radius 2 is 2.05 bits per heavy atom. The summed E-state index contributed by atoms with van der Waals surface area (Å²) < 4.78 is 12.7. The van der Waals surface area contributed by atoms with E-state index in [0.717, 1.165) is 51.0 Å². The van der Waals surface area contributed by atoms with Crippen molar-refractivity contribution in [3.63, 3.8) is 0 Å². The maximum atomic E-state index is 12.7. The van der Waals surface area contributed by atoms with Gasteiger partial charge in [-0.2, -0.15) is 0 Å². The van der Waals surface area contributed by atoms with Crippen LogP contribution in [-0.4, -0.2) is 42.3 Å². The third-order valence-corrected chi connectivity index (χ3v) is 4.00. The minimum atomic E-state index is -0.183. The second-order valence-corrected chi connectivity index (χ2v) is 5.52. The number of likely N-dealkylation sites (tertiary alicyclic amines) is 1. The van der Waals surface area contributed by atoms with Gasteiger partial charge in [0.15, 0.2) is 0 Å². The first-order valence-electron chi connectivity index (χ1n) is 7.59. The number of aliphatic hydroxyl groups is 1. The van der Waals surface area contributed by atoms with Crippen LogP contribution in [0.5, 0.6) is 0 Å². The Bertz CT molecular complexity index is 383. The molecule has 2 rings (SSSR count). The SMILES string of the molecule is OCC1CCCN1CCCCNCc1ccc(F)cc1. The molecule has 112 valence electrons. The molecule has 0 aromatic heterocycles. The molecule has 1 aromatic carbocycles. The lowest BCUT2D eigenvalue weighted by atomic mass is 10.2. The summed E-state index contributed by atoms with van der Waals surface area (Å²) in [6.07, 6.45) is 4.65. The molecule has 2 N–H and O–H groups in total. The van der Waals surface area contributed by atoms with Crippen molar-refractivity contribution in [3.8, 4) is 0 Å². The molecule has 1 aliphatic heterocycles. The molecule has 0 bridgehead atoms. The molecule has 0 radical (unpaired) electrons. The van der Waals surface area contributed by atoms with Crippen molar-refractivity contribution in [2.75, 3.05) is 26.2 Å². The standard InChI is InChI=1S/C16H25FN2O/c17-15-7-5-14(6-8-15)12-18-9-1-2-10-19-11-3-4-16(19)13-20/h5-8,16,18,20H,1-4,9-13H2. The topological polar surface area (TPSA) is 35.5 Å². The number of unbranched alkanes of at least 4 members (excludes halogenated alkanes) is 1. The van der Waals surface area contributed by atoms with Gasteiger partial charge in [-0.15, -0.1) is 0 Å². The van der Waals surface area contributed by atoms with Gasteiger partial charge in [-0.3, -0.25) is 4.90 Å². The van der Waals surface area contributed by atoms with Gasteiger partial charge in [-0.05, 0) is 63.0 Å². The summed E-state index contributed by atoms with van der Waals surface area (Å²) in [4.78, 5) is 2.40. The Hall–Kier alpha value is -0.970. The molecule has 20 heavy (non-hydrogen) atoms. The smallest absolute Gasteiger partial charge is 0.123 e. The fourth-order valence-corrected chi connectivity index (χ4v) is 2.80. The molecule has 0 spiro atoms. The average Bonchev–Trinajstić information content (AvgIpc) is 2.92. The summed E-state index contributed by atoms with van der Waals surface area (Å²) in [5, 5.41) is 12.6. The van der Waals surface area contributed by atoms with E-state index in [1.54, 1.807) is 0 Å². The van der Waals surface area contributed by atoms with Crippen LogP contribution in [0.25, 0.3) is 0 Å². The first kappa shape index (κ1) is 15.4. The highest BCUT2D eigenvalue weighted by Crippen LogP contribution is 2.16. The van der Waals surface area contributed by atoms with Gasteiger partial charge in [-0.1, -0.05) is 12.1 Å². The minimum Gasteiger partial charge on any atom is -0.395 e. The number of rotatable bonds is 8. The Labute approximate surface area is 120 Å². The van der Waals surface area contributed by atoms with Crippen LogP contribution in [0.15, 0.2) is 24.3 Å². The highest BCUT2D eigenvalue weighted by Gasteiger charge is 2.22. The summed E-state index contributed by atoms with van der Waals surface area (Å²) in [6, 6.07) is 7.03. The molecule has 1 unspecified atom stereocenters. The van der Waals surface area contributed by atoms with Crippen molar-refractivity contribution >= 4 is 0 Å². The van der Waals surface area contributed by atoms with Crippen LogP contribution in [0.4, 0.5) is 4.39 Å². The summed E-state index contributed by atoms with van der Waals surface area (Å²) in [7, 11) is 0. The number of nitrogens with one attached hydrogen (secondary N) is 1. The monoisotopic (exact) mass is 280 g/mol. The molecular formula is C16H25FN2O. The number of hydrogen-bond donors (Lipinski definition) is 2. The Balaban J connectivity index is 1.52. The van der Waals surface area contributed by atoms with Gasteiger partial charge in [0.25, 0.3) is 0 Å². The van der Waals surface area contributed by atoms with E-state index in [0.29, 0.717) is 12.6 Å². The number of benzene rings is 1. The molecule has 3 nitrogen and oxygen atoms in total. The molecule has 1 atom stereocenters. The van der Waals surface area contributed by atoms with Crippen molar-refractivity contribution in [2.45, 2.75) is 38.3 Å². The van der Waals surface area contributed by atoms with Crippen molar-refractivity contribution in [1.82, 2.24) is 10.2 Å². The molecule has 1 heterocycles. The maximum Gasteiger partial charge on any atom is 0.123 e. The quantitative estimate of drug-likeness (QED) is 0.716. The van der Waals surface area contributed by atoms with Gasteiger partial charge in [0.2, 0.25) is 0 Å². The normalized spacial score (nSPS) is 19.6. The van der Waals surface area contributed by atoms with E-state index in [4.69, 9.17) is 0 Å². The summed E-state index contributed by atoms with van der Waals surface area (Å²) in [6.45, 7) is 4.29.